The Bertz CT molecular complexity index is 2680. The van der Waals surface area contributed by atoms with Crippen LogP contribution in [-0.2, 0) is 35.2 Å². The van der Waals surface area contributed by atoms with Gasteiger partial charge in [0.15, 0.2) is 0 Å². The number of carbonyl (C=O) groups is 4. The number of amides is 3. The highest BCUT2D eigenvalue weighted by Crippen LogP contribution is 2.37. The van der Waals surface area contributed by atoms with Crippen molar-refractivity contribution >= 4 is 58.0 Å². The molecule has 4 atom stereocenters. The molecule has 0 aliphatic carbocycles. The van der Waals surface area contributed by atoms with Crippen LogP contribution in [0.15, 0.2) is 66.2 Å². The van der Waals surface area contributed by atoms with E-state index in [9.17, 15) is 24.4 Å². The number of aryl methyl sites for hydroxylation is 4. The molecule has 1 aliphatic heterocycles. The molecule has 1 aliphatic rings. The van der Waals surface area contributed by atoms with Gasteiger partial charge in [0.2, 0.25) is 17.7 Å². The molecular weight excluding hydrogens is 912 g/mol. The second-order valence-electron chi connectivity index (χ2n) is 18.9. The number of benzene rings is 3. The molecule has 0 radical (unpaired) electrons. The summed E-state index contributed by atoms with van der Waals surface area (Å²) in [6.07, 6.45) is 1.89. The van der Waals surface area contributed by atoms with Gasteiger partial charge in [0, 0.05) is 55.7 Å². The van der Waals surface area contributed by atoms with Crippen molar-refractivity contribution in [3.8, 4) is 27.6 Å². The summed E-state index contributed by atoms with van der Waals surface area (Å²) in [5, 5.41) is 20.7. The molecule has 5 aromatic rings. The van der Waals surface area contributed by atoms with E-state index in [1.54, 1.807) is 17.4 Å². The van der Waals surface area contributed by atoms with E-state index in [4.69, 9.17) is 26.2 Å². The number of aromatic nitrogens is 3. The molecule has 0 saturated carbocycles. The zero-order valence-corrected chi connectivity index (χ0v) is 43.0. The molecule has 14 nitrogen and oxygen atoms in total. The first-order valence-corrected chi connectivity index (χ1v) is 24.8. The molecule has 1 saturated heterocycles. The Kier molecular flexibility index (Phi) is 17.4. The van der Waals surface area contributed by atoms with E-state index in [2.05, 4.69) is 65.6 Å². The Balaban J connectivity index is 1.00. The maximum absolute atomic E-state index is 14.4. The number of carbonyl (C=O) groups excluding carboxylic acids is 4. The van der Waals surface area contributed by atoms with Gasteiger partial charge in [-0.1, -0.05) is 68.8 Å². The van der Waals surface area contributed by atoms with Crippen molar-refractivity contribution in [2.75, 3.05) is 31.2 Å². The summed E-state index contributed by atoms with van der Waals surface area (Å²) in [6, 6.07) is 19.7. The summed E-state index contributed by atoms with van der Waals surface area (Å²) in [4.78, 5) is 62.7. The van der Waals surface area contributed by atoms with Crippen molar-refractivity contribution in [2.45, 2.75) is 126 Å². The van der Waals surface area contributed by atoms with Gasteiger partial charge in [-0.25, -0.2) is 4.98 Å². The maximum Gasteiger partial charge on any atom is 0.302 e. The molecule has 0 spiro atoms. The summed E-state index contributed by atoms with van der Waals surface area (Å²) in [5.41, 5.74) is 11.7. The number of thiazole rings is 1. The van der Waals surface area contributed by atoms with E-state index >= 15 is 0 Å². The lowest BCUT2D eigenvalue weighted by molar-refractivity contribution is -0.147. The summed E-state index contributed by atoms with van der Waals surface area (Å²) in [7, 11) is 0. The van der Waals surface area contributed by atoms with E-state index in [0.717, 1.165) is 87.0 Å². The van der Waals surface area contributed by atoms with E-state index in [0.29, 0.717) is 23.7 Å². The number of unbranched alkanes of at least 4 members (excludes halogenated alkanes) is 2. The lowest BCUT2D eigenvalue weighted by Crippen LogP contribution is -2.58. The predicted octanol–water partition coefficient (Wildman–Crippen LogP) is 9.72. The number of halogens is 1. The van der Waals surface area contributed by atoms with Gasteiger partial charge in [0.25, 0.3) is 0 Å². The third kappa shape index (κ3) is 12.8. The van der Waals surface area contributed by atoms with Crippen molar-refractivity contribution in [1.82, 2.24) is 30.3 Å². The number of nitriles is 1. The van der Waals surface area contributed by atoms with Gasteiger partial charge in [0.05, 0.1) is 44.9 Å². The summed E-state index contributed by atoms with van der Waals surface area (Å²) < 4.78 is 13.4. The number of ether oxygens (including phenoxy) is 2. The number of nitrogens with one attached hydrogen (secondary N) is 2. The van der Waals surface area contributed by atoms with Crippen LogP contribution in [0.1, 0.15) is 107 Å². The topological polar surface area (TPSA) is 172 Å². The minimum atomic E-state index is -0.982. The van der Waals surface area contributed by atoms with Crippen LogP contribution in [0.3, 0.4) is 0 Å². The van der Waals surface area contributed by atoms with Crippen molar-refractivity contribution in [2.24, 2.45) is 5.41 Å². The molecule has 3 aromatic carbocycles. The smallest absolute Gasteiger partial charge is 0.302 e. The highest BCUT2D eigenvalue weighted by atomic mass is 35.5. The summed E-state index contributed by atoms with van der Waals surface area (Å²) in [5.74, 6) is -1.75. The minimum absolute atomic E-state index is 0.0212. The molecule has 366 valence electrons. The maximum atomic E-state index is 14.4. The van der Waals surface area contributed by atoms with Crippen LogP contribution in [0, 0.1) is 44.4 Å². The lowest BCUT2D eigenvalue weighted by atomic mass is 9.85. The van der Waals surface area contributed by atoms with Crippen molar-refractivity contribution in [3.05, 3.63) is 105 Å². The number of anilines is 2. The van der Waals surface area contributed by atoms with E-state index in [-0.39, 0.29) is 31.5 Å². The fourth-order valence-electron chi connectivity index (χ4n) is 8.97. The SMILES string of the molecule is CCN(c1ccc(C#N)c(Cl)c1)c1cc(-c2c(C)nn(CCCCCOCC(=O)N[C@H](C(=O)N3C[C@H](OC(C)=O)C[C@H]3C(=O)N[C@@H](C)c3ccc(-c4scnc4C)cc3)C(C)(C)C)c2C)ccc1C. The molecule has 6 rings (SSSR count). The average molecular weight is 978 g/mol. The molecule has 0 bridgehead atoms. The van der Waals surface area contributed by atoms with Gasteiger partial charge in [-0.05, 0) is 113 Å². The lowest BCUT2D eigenvalue weighted by Gasteiger charge is -2.35. The van der Waals surface area contributed by atoms with Gasteiger partial charge >= 0.3 is 5.97 Å². The highest BCUT2D eigenvalue weighted by molar-refractivity contribution is 7.13. The third-order valence-corrected chi connectivity index (χ3v) is 13.9. The number of hydrogen-bond acceptors (Lipinski definition) is 11. The molecule has 3 amide bonds. The average Bonchev–Trinajstić information content (AvgIpc) is 4.01. The minimum Gasteiger partial charge on any atom is -0.461 e. The van der Waals surface area contributed by atoms with Crippen LogP contribution in [0.5, 0.6) is 0 Å². The molecule has 2 N–H and O–H groups in total. The van der Waals surface area contributed by atoms with E-state index in [1.807, 2.05) is 88.1 Å². The number of hydrogen-bond donors (Lipinski definition) is 2. The molecule has 69 heavy (non-hydrogen) atoms. The van der Waals surface area contributed by atoms with Crippen LogP contribution in [0.2, 0.25) is 5.02 Å². The normalized spacial score (nSPS) is 15.6. The largest absolute Gasteiger partial charge is 0.461 e. The van der Waals surface area contributed by atoms with Crippen LogP contribution in [0.4, 0.5) is 11.4 Å². The number of rotatable bonds is 19. The monoisotopic (exact) mass is 976 g/mol. The Labute approximate surface area is 415 Å². The van der Waals surface area contributed by atoms with Crippen molar-refractivity contribution < 1.29 is 28.7 Å². The van der Waals surface area contributed by atoms with Gasteiger partial charge < -0.3 is 29.9 Å². The summed E-state index contributed by atoms with van der Waals surface area (Å²) >= 11 is 7.99. The van der Waals surface area contributed by atoms with Crippen LogP contribution < -0.4 is 15.5 Å². The first-order chi connectivity index (χ1) is 32.8. The molecule has 16 heteroatoms. The van der Waals surface area contributed by atoms with Gasteiger partial charge in [-0.15, -0.1) is 11.3 Å². The van der Waals surface area contributed by atoms with Crippen LogP contribution in [0.25, 0.3) is 21.6 Å². The molecule has 2 aromatic heterocycles. The number of likely N-dealkylation sites (tertiary alicyclic amines) is 1. The van der Waals surface area contributed by atoms with Gasteiger partial charge in [0.1, 0.15) is 30.9 Å². The van der Waals surface area contributed by atoms with Crippen LogP contribution in [-0.4, -0.2) is 87.8 Å². The molecular formula is C53H65ClN8O6S. The second-order valence-corrected chi connectivity index (χ2v) is 20.1. The Hall–Kier alpha value is -6.08. The fourth-order valence-corrected chi connectivity index (χ4v) is 10.0. The standard InChI is InChI=1S/C53H65ClN8O6S/c1-11-60(42-22-21-41(28-55)44(54)26-42)45-25-40(16-15-32(45)2)48-34(4)59-62(36(48)6)23-13-12-14-24-67-30-47(64)58-50(53(8,9)10)52(66)61-29-43(68-37(7)63)27-46(61)51(65)57-33(3)38-17-19-39(20-18-38)49-35(5)56-31-69-49/h15-22,25-26,31,33,43,46,50H,11-14,23-24,27,29-30H2,1-10H3,(H,57,65)(H,58,64)/t33-,43+,46-,50+/m0/s1. The summed E-state index contributed by atoms with van der Waals surface area (Å²) in [6.45, 7) is 20.6. The molecule has 3 heterocycles. The van der Waals surface area contributed by atoms with E-state index in [1.165, 1.54) is 11.8 Å². The zero-order valence-electron chi connectivity index (χ0n) is 41.4. The first-order valence-electron chi connectivity index (χ1n) is 23.6. The molecule has 1 fully saturated rings. The van der Waals surface area contributed by atoms with Crippen LogP contribution >= 0.6 is 22.9 Å². The van der Waals surface area contributed by atoms with Crippen molar-refractivity contribution in [1.29, 1.82) is 5.26 Å². The number of esters is 1. The Morgan fingerprint density at radius 3 is 2.33 bits per heavy atom. The van der Waals surface area contributed by atoms with Gasteiger partial charge in [-0.2, -0.15) is 10.4 Å². The third-order valence-electron chi connectivity index (χ3n) is 12.6. The Morgan fingerprint density at radius 2 is 1.70 bits per heavy atom. The predicted molar refractivity (Wildman–Crippen MR) is 271 cm³/mol. The van der Waals surface area contributed by atoms with Crippen molar-refractivity contribution in [3.63, 3.8) is 0 Å². The number of nitrogens with zero attached hydrogens (tertiary/aromatic N) is 6. The fraction of sp³-hybridized carbons (Fsp3) is 0.453. The Morgan fingerprint density at radius 1 is 0.971 bits per heavy atom. The second kappa shape index (κ2) is 23.0. The quantitative estimate of drug-likeness (QED) is 0.0600. The first kappa shape index (κ1) is 52.3. The zero-order chi connectivity index (χ0) is 50.2. The highest BCUT2D eigenvalue weighted by Gasteiger charge is 2.46. The molecule has 0 unspecified atom stereocenters. The van der Waals surface area contributed by atoms with E-state index < -0.39 is 41.4 Å². The van der Waals surface area contributed by atoms with Gasteiger partial charge in [-0.3, -0.25) is 23.9 Å².